The van der Waals surface area contributed by atoms with Crippen LogP contribution >= 0.6 is 11.6 Å². The standard InChI is InChI=1S/C20H24ClN3O4/c1-27-14-5-6-16(21)15(11-14)19(26)24-9-7-20(8-10-24)12-17(23-28-20)18(25)22-13-3-2-4-13/h5-6,11,13H,2-4,7-10,12H2,1H3,(H,22,25). The van der Waals surface area contributed by atoms with Gasteiger partial charge in [-0.05, 0) is 37.5 Å². The molecule has 1 saturated carbocycles. The van der Waals surface area contributed by atoms with Gasteiger partial charge in [-0.15, -0.1) is 0 Å². The largest absolute Gasteiger partial charge is 0.497 e. The summed E-state index contributed by atoms with van der Waals surface area (Å²) < 4.78 is 5.19. The first-order valence-electron chi connectivity index (χ1n) is 9.68. The highest BCUT2D eigenvalue weighted by Crippen LogP contribution is 2.36. The summed E-state index contributed by atoms with van der Waals surface area (Å²) in [6, 6.07) is 5.33. The number of hydrogen-bond donors (Lipinski definition) is 1. The number of methoxy groups -OCH3 is 1. The summed E-state index contributed by atoms with van der Waals surface area (Å²) in [7, 11) is 1.55. The lowest BCUT2D eigenvalue weighted by Crippen LogP contribution is -2.48. The molecule has 1 aliphatic carbocycles. The van der Waals surface area contributed by atoms with Gasteiger partial charge in [-0.2, -0.15) is 0 Å². The minimum absolute atomic E-state index is 0.122. The molecule has 2 fully saturated rings. The molecule has 1 N–H and O–H groups in total. The Hall–Kier alpha value is -2.28. The molecule has 4 rings (SSSR count). The molecule has 0 radical (unpaired) electrons. The lowest BCUT2D eigenvalue weighted by Gasteiger charge is -2.37. The number of likely N-dealkylation sites (tertiary alicyclic amines) is 1. The first-order valence-corrected chi connectivity index (χ1v) is 10.1. The number of rotatable bonds is 4. The van der Waals surface area contributed by atoms with Crippen LogP contribution in [0.4, 0.5) is 0 Å². The molecule has 0 unspecified atom stereocenters. The number of halogens is 1. The predicted molar refractivity (Wildman–Crippen MR) is 105 cm³/mol. The van der Waals surface area contributed by atoms with Gasteiger partial charge in [0.2, 0.25) is 0 Å². The van der Waals surface area contributed by atoms with Crippen molar-refractivity contribution in [2.24, 2.45) is 5.16 Å². The quantitative estimate of drug-likeness (QED) is 0.835. The van der Waals surface area contributed by atoms with Gasteiger partial charge in [0.25, 0.3) is 11.8 Å². The van der Waals surface area contributed by atoms with Gasteiger partial charge < -0.3 is 19.8 Å². The van der Waals surface area contributed by atoms with E-state index in [9.17, 15) is 9.59 Å². The van der Waals surface area contributed by atoms with Crippen molar-refractivity contribution < 1.29 is 19.2 Å². The van der Waals surface area contributed by atoms with Crippen LogP contribution in [-0.4, -0.2) is 54.3 Å². The smallest absolute Gasteiger partial charge is 0.269 e. The maximum Gasteiger partial charge on any atom is 0.269 e. The minimum atomic E-state index is -0.485. The molecular formula is C20H24ClN3O4. The van der Waals surface area contributed by atoms with Crippen molar-refractivity contribution in [3.8, 4) is 5.75 Å². The third-order valence-electron chi connectivity index (χ3n) is 5.91. The molecular weight excluding hydrogens is 382 g/mol. The molecule has 28 heavy (non-hydrogen) atoms. The molecule has 1 saturated heterocycles. The highest BCUT2D eigenvalue weighted by Gasteiger charge is 2.45. The Balaban J connectivity index is 1.35. The van der Waals surface area contributed by atoms with Gasteiger partial charge in [0.15, 0.2) is 0 Å². The highest BCUT2D eigenvalue weighted by atomic mass is 35.5. The van der Waals surface area contributed by atoms with Crippen LogP contribution in [0.2, 0.25) is 5.02 Å². The second-order valence-corrected chi connectivity index (χ2v) is 8.14. The lowest BCUT2D eigenvalue weighted by atomic mass is 9.86. The lowest BCUT2D eigenvalue weighted by molar-refractivity contribution is -0.116. The Labute approximate surface area is 169 Å². The predicted octanol–water partition coefficient (Wildman–Crippen LogP) is 2.77. The summed E-state index contributed by atoms with van der Waals surface area (Å²) in [4.78, 5) is 32.6. The van der Waals surface area contributed by atoms with E-state index in [1.807, 2.05) is 0 Å². The number of benzene rings is 1. The minimum Gasteiger partial charge on any atom is -0.497 e. The fourth-order valence-electron chi connectivity index (χ4n) is 3.82. The van der Waals surface area contributed by atoms with Crippen molar-refractivity contribution in [2.75, 3.05) is 20.2 Å². The number of amides is 2. The summed E-state index contributed by atoms with van der Waals surface area (Å²) in [5.41, 5.74) is 0.407. The van der Waals surface area contributed by atoms with Crippen LogP contribution in [0.25, 0.3) is 0 Å². The molecule has 0 bridgehead atoms. The molecule has 1 aromatic carbocycles. The monoisotopic (exact) mass is 405 g/mol. The number of carbonyl (C=O) groups is 2. The molecule has 3 aliphatic rings. The zero-order valence-electron chi connectivity index (χ0n) is 15.9. The fraction of sp³-hybridized carbons (Fsp3) is 0.550. The average molecular weight is 406 g/mol. The van der Waals surface area contributed by atoms with Crippen LogP contribution < -0.4 is 10.1 Å². The maximum absolute atomic E-state index is 12.9. The number of ether oxygens (including phenoxy) is 1. The van der Waals surface area contributed by atoms with Crippen molar-refractivity contribution in [1.29, 1.82) is 0 Å². The van der Waals surface area contributed by atoms with Crippen LogP contribution in [-0.2, 0) is 9.63 Å². The van der Waals surface area contributed by atoms with Crippen molar-refractivity contribution in [1.82, 2.24) is 10.2 Å². The van der Waals surface area contributed by atoms with Gasteiger partial charge in [-0.3, -0.25) is 9.59 Å². The van der Waals surface area contributed by atoms with E-state index in [0.29, 0.717) is 54.4 Å². The summed E-state index contributed by atoms with van der Waals surface area (Å²) >= 11 is 6.21. The van der Waals surface area contributed by atoms with E-state index < -0.39 is 5.60 Å². The number of nitrogens with one attached hydrogen (secondary N) is 1. The van der Waals surface area contributed by atoms with Crippen LogP contribution in [0, 0.1) is 0 Å². The van der Waals surface area contributed by atoms with Crippen LogP contribution in [0.5, 0.6) is 5.75 Å². The van der Waals surface area contributed by atoms with E-state index in [4.69, 9.17) is 21.2 Å². The first-order chi connectivity index (χ1) is 13.5. The fourth-order valence-corrected chi connectivity index (χ4v) is 4.01. The summed E-state index contributed by atoms with van der Waals surface area (Å²) in [5, 5.41) is 7.46. The second kappa shape index (κ2) is 7.62. The zero-order valence-corrected chi connectivity index (χ0v) is 16.6. The summed E-state index contributed by atoms with van der Waals surface area (Å²) in [6.45, 7) is 1.05. The molecule has 2 amide bonds. The third kappa shape index (κ3) is 3.68. The number of carbonyl (C=O) groups excluding carboxylic acids is 2. The Morgan fingerprint density at radius 3 is 2.71 bits per heavy atom. The van der Waals surface area contributed by atoms with E-state index in [0.717, 1.165) is 12.8 Å². The van der Waals surface area contributed by atoms with Crippen LogP contribution in [0.1, 0.15) is 48.9 Å². The second-order valence-electron chi connectivity index (χ2n) is 7.73. The van der Waals surface area contributed by atoms with Crippen molar-refractivity contribution in [2.45, 2.75) is 50.2 Å². The van der Waals surface area contributed by atoms with Gasteiger partial charge in [-0.25, -0.2) is 0 Å². The SMILES string of the molecule is COc1ccc(Cl)c(C(=O)N2CCC3(CC2)CC(C(=O)NC2CCC2)=NO3)c1. The van der Waals surface area contributed by atoms with E-state index >= 15 is 0 Å². The van der Waals surface area contributed by atoms with Crippen molar-refractivity contribution in [3.05, 3.63) is 28.8 Å². The molecule has 1 aromatic rings. The maximum atomic E-state index is 12.9. The normalized spacial score (nSPS) is 20.9. The number of nitrogens with zero attached hydrogens (tertiary/aromatic N) is 2. The van der Waals surface area contributed by atoms with Gasteiger partial charge in [-0.1, -0.05) is 16.8 Å². The van der Waals surface area contributed by atoms with Crippen LogP contribution in [0.15, 0.2) is 23.4 Å². The number of hydrogen-bond acceptors (Lipinski definition) is 5. The molecule has 150 valence electrons. The van der Waals surface area contributed by atoms with E-state index in [1.165, 1.54) is 6.42 Å². The Bertz CT molecular complexity index is 814. The van der Waals surface area contributed by atoms with Gasteiger partial charge in [0.1, 0.15) is 17.1 Å². The first kappa shape index (κ1) is 19.1. The van der Waals surface area contributed by atoms with Gasteiger partial charge >= 0.3 is 0 Å². The van der Waals surface area contributed by atoms with Gasteiger partial charge in [0, 0.05) is 38.4 Å². The molecule has 2 aliphatic heterocycles. The Kier molecular flexibility index (Phi) is 5.19. The number of piperidine rings is 1. The highest BCUT2D eigenvalue weighted by molar-refractivity contribution is 6.39. The van der Waals surface area contributed by atoms with E-state index in [1.54, 1.807) is 30.2 Å². The molecule has 7 nitrogen and oxygen atoms in total. The summed E-state index contributed by atoms with van der Waals surface area (Å²) in [5.74, 6) is 0.347. The Morgan fingerprint density at radius 1 is 1.32 bits per heavy atom. The Morgan fingerprint density at radius 2 is 2.07 bits per heavy atom. The van der Waals surface area contributed by atoms with E-state index in [-0.39, 0.29) is 17.9 Å². The van der Waals surface area contributed by atoms with Crippen molar-refractivity contribution in [3.63, 3.8) is 0 Å². The van der Waals surface area contributed by atoms with E-state index in [2.05, 4.69) is 10.5 Å². The molecule has 0 aromatic heterocycles. The number of oxime groups is 1. The topological polar surface area (TPSA) is 80.2 Å². The molecule has 1 spiro atoms. The van der Waals surface area contributed by atoms with Crippen molar-refractivity contribution >= 4 is 29.1 Å². The summed E-state index contributed by atoms with van der Waals surface area (Å²) in [6.07, 6.45) is 4.99. The van der Waals surface area contributed by atoms with Gasteiger partial charge in [0.05, 0.1) is 17.7 Å². The zero-order chi connectivity index (χ0) is 19.7. The average Bonchev–Trinajstić information content (AvgIpc) is 3.09. The molecule has 8 heteroatoms. The third-order valence-corrected chi connectivity index (χ3v) is 6.24. The molecule has 0 atom stereocenters. The molecule has 2 heterocycles. The van der Waals surface area contributed by atoms with Crippen LogP contribution in [0.3, 0.4) is 0 Å².